The number of aliphatic carboxylic acids is 1. The van der Waals surface area contributed by atoms with Crippen molar-refractivity contribution in [2.45, 2.75) is 26.8 Å². The molecule has 0 radical (unpaired) electrons. The molecule has 1 unspecified atom stereocenters. The Bertz CT molecular complexity index is 521. The van der Waals surface area contributed by atoms with Crippen molar-refractivity contribution < 1.29 is 14.7 Å². The molecule has 0 aliphatic rings. The first-order valence-corrected chi connectivity index (χ1v) is 6.69. The molecule has 116 valence electrons. The fourth-order valence-corrected chi connectivity index (χ4v) is 1.81. The summed E-state index contributed by atoms with van der Waals surface area (Å²) in [6.07, 6.45) is 0. The predicted octanol–water partition coefficient (Wildman–Crippen LogP) is 2.37. The SMILES string of the molecule is CN(C)c1cccc(NC(=O)NC(C(=O)O)C(C)(C)C)c1. The molecule has 0 heterocycles. The number of carbonyl (C=O) groups is 2. The Labute approximate surface area is 125 Å². The Morgan fingerprint density at radius 3 is 2.33 bits per heavy atom. The molecule has 0 fully saturated rings. The number of carbonyl (C=O) groups excluding carboxylic acids is 1. The van der Waals surface area contributed by atoms with Crippen LogP contribution in [0, 0.1) is 5.41 Å². The Morgan fingerprint density at radius 2 is 1.86 bits per heavy atom. The van der Waals surface area contributed by atoms with E-state index in [1.807, 2.05) is 37.2 Å². The maximum Gasteiger partial charge on any atom is 0.326 e. The minimum absolute atomic E-state index is 0.534. The first-order chi connectivity index (χ1) is 9.61. The summed E-state index contributed by atoms with van der Waals surface area (Å²) in [4.78, 5) is 25.1. The number of rotatable bonds is 4. The maximum atomic E-state index is 12.0. The Hall–Kier alpha value is -2.24. The molecule has 0 saturated carbocycles. The zero-order valence-corrected chi connectivity index (χ0v) is 13.1. The topological polar surface area (TPSA) is 81.7 Å². The fraction of sp³-hybridized carbons (Fsp3) is 0.467. The molecule has 0 bridgehead atoms. The van der Waals surface area contributed by atoms with Gasteiger partial charge in [-0.25, -0.2) is 9.59 Å². The molecule has 0 saturated heterocycles. The third kappa shape index (κ3) is 4.98. The lowest BCUT2D eigenvalue weighted by molar-refractivity contribution is -0.141. The lowest BCUT2D eigenvalue weighted by Crippen LogP contribution is -2.50. The van der Waals surface area contributed by atoms with Gasteiger partial charge in [-0.3, -0.25) is 0 Å². The van der Waals surface area contributed by atoms with Crippen LogP contribution < -0.4 is 15.5 Å². The minimum atomic E-state index is -1.06. The highest BCUT2D eigenvalue weighted by Gasteiger charge is 2.32. The maximum absolute atomic E-state index is 12.0. The van der Waals surface area contributed by atoms with Crippen LogP contribution in [-0.4, -0.2) is 37.2 Å². The van der Waals surface area contributed by atoms with Crippen molar-refractivity contribution >= 4 is 23.4 Å². The van der Waals surface area contributed by atoms with Crippen molar-refractivity contribution in [3.8, 4) is 0 Å². The van der Waals surface area contributed by atoms with E-state index in [1.54, 1.807) is 26.8 Å². The second kappa shape index (κ2) is 6.47. The van der Waals surface area contributed by atoms with Crippen molar-refractivity contribution in [2.75, 3.05) is 24.3 Å². The van der Waals surface area contributed by atoms with Gasteiger partial charge in [0.1, 0.15) is 6.04 Å². The van der Waals surface area contributed by atoms with Gasteiger partial charge in [0, 0.05) is 25.5 Å². The van der Waals surface area contributed by atoms with Crippen molar-refractivity contribution in [2.24, 2.45) is 5.41 Å². The summed E-state index contributed by atoms with van der Waals surface area (Å²) in [5, 5.41) is 14.3. The molecule has 21 heavy (non-hydrogen) atoms. The van der Waals surface area contributed by atoms with Crippen LogP contribution in [0.2, 0.25) is 0 Å². The third-order valence-electron chi connectivity index (χ3n) is 3.01. The van der Waals surface area contributed by atoms with E-state index in [1.165, 1.54) is 0 Å². The number of urea groups is 1. The van der Waals surface area contributed by atoms with Crippen LogP contribution in [0.25, 0.3) is 0 Å². The van der Waals surface area contributed by atoms with Crippen molar-refractivity contribution in [3.05, 3.63) is 24.3 Å². The summed E-state index contributed by atoms with van der Waals surface area (Å²) in [5.74, 6) is -1.06. The minimum Gasteiger partial charge on any atom is -0.480 e. The predicted molar refractivity (Wildman–Crippen MR) is 83.8 cm³/mol. The summed E-state index contributed by atoms with van der Waals surface area (Å²) >= 11 is 0. The fourth-order valence-electron chi connectivity index (χ4n) is 1.81. The number of hydrogen-bond donors (Lipinski definition) is 3. The van der Waals surface area contributed by atoms with Crippen molar-refractivity contribution in [1.29, 1.82) is 0 Å². The normalized spacial score (nSPS) is 12.4. The largest absolute Gasteiger partial charge is 0.480 e. The lowest BCUT2D eigenvalue weighted by atomic mass is 9.87. The highest BCUT2D eigenvalue weighted by atomic mass is 16.4. The zero-order valence-electron chi connectivity index (χ0n) is 13.1. The number of amides is 2. The molecule has 3 N–H and O–H groups in total. The number of nitrogens with one attached hydrogen (secondary N) is 2. The van der Waals surface area contributed by atoms with Crippen LogP contribution in [0.15, 0.2) is 24.3 Å². The van der Waals surface area contributed by atoms with Crippen LogP contribution in [0.3, 0.4) is 0 Å². The van der Waals surface area contributed by atoms with E-state index in [0.717, 1.165) is 5.69 Å². The Morgan fingerprint density at radius 1 is 1.24 bits per heavy atom. The van der Waals surface area contributed by atoms with E-state index in [0.29, 0.717) is 5.69 Å². The molecule has 0 aliphatic heterocycles. The molecule has 0 spiro atoms. The molecule has 0 aliphatic carbocycles. The number of carboxylic acids is 1. The molecule has 1 aromatic rings. The van der Waals surface area contributed by atoms with Crippen molar-refractivity contribution in [1.82, 2.24) is 5.32 Å². The van der Waals surface area contributed by atoms with E-state index >= 15 is 0 Å². The zero-order chi connectivity index (χ0) is 16.2. The van der Waals surface area contributed by atoms with Gasteiger partial charge in [0.05, 0.1) is 0 Å². The standard InChI is InChI=1S/C15H23N3O3/c1-15(2,3)12(13(19)20)17-14(21)16-10-7-6-8-11(9-10)18(4)5/h6-9,12H,1-5H3,(H,19,20)(H2,16,17,21). The number of anilines is 2. The van der Waals surface area contributed by atoms with Gasteiger partial charge >= 0.3 is 12.0 Å². The van der Waals surface area contributed by atoms with E-state index in [2.05, 4.69) is 10.6 Å². The highest BCUT2D eigenvalue weighted by Crippen LogP contribution is 2.20. The highest BCUT2D eigenvalue weighted by molar-refractivity contribution is 5.92. The summed E-state index contributed by atoms with van der Waals surface area (Å²) in [7, 11) is 3.80. The third-order valence-corrected chi connectivity index (χ3v) is 3.01. The van der Waals surface area contributed by atoms with E-state index in [9.17, 15) is 14.7 Å². The Balaban J connectivity index is 2.77. The second-order valence-corrected chi connectivity index (χ2v) is 6.18. The van der Waals surface area contributed by atoms with Crippen LogP contribution in [0.1, 0.15) is 20.8 Å². The van der Waals surface area contributed by atoms with Gasteiger partial charge in [0.2, 0.25) is 0 Å². The van der Waals surface area contributed by atoms with E-state index in [4.69, 9.17) is 0 Å². The van der Waals surface area contributed by atoms with E-state index in [-0.39, 0.29) is 0 Å². The van der Waals surface area contributed by atoms with Gasteiger partial charge in [-0.15, -0.1) is 0 Å². The van der Waals surface area contributed by atoms with Gasteiger partial charge in [0.25, 0.3) is 0 Å². The number of hydrogen-bond acceptors (Lipinski definition) is 3. The van der Waals surface area contributed by atoms with Gasteiger partial charge in [-0.05, 0) is 23.6 Å². The smallest absolute Gasteiger partial charge is 0.326 e. The van der Waals surface area contributed by atoms with Crippen molar-refractivity contribution in [3.63, 3.8) is 0 Å². The van der Waals surface area contributed by atoms with Crippen LogP contribution in [0.4, 0.5) is 16.2 Å². The molecule has 6 heteroatoms. The first-order valence-electron chi connectivity index (χ1n) is 6.69. The van der Waals surface area contributed by atoms with E-state index < -0.39 is 23.5 Å². The quantitative estimate of drug-likeness (QED) is 0.796. The molecule has 0 aromatic heterocycles. The van der Waals surface area contributed by atoms with Crippen LogP contribution in [-0.2, 0) is 4.79 Å². The molecule has 1 aromatic carbocycles. The van der Waals surface area contributed by atoms with Gasteiger partial charge in [-0.2, -0.15) is 0 Å². The summed E-state index contributed by atoms with van der Waals surface area (Å²) < 4.78 is 0. The average molecular weight is 293 g/mol. The van der Waals surface area contributed by atoms with Crippen LogP contribution >= 0.6 is 0 Å². The van der Waals surface area contributed by atoms with Gasteiger partial charge in [0.15, 0.2) is 0 Å². The summed E-state index contributed by atoms with van der Waals surface area (Å²) in [6.45, 7) is 5.29. The first kappa shape index (κ1) is 16.8. The number of benzene rings is 1. The van der Waals surface area contributed by atoms with Gasteiger partial charge in [-0.1, -0.05) is 26.8 Å². The van der Waals surface area contributed by atoms with Crippen LogP contribution in [0.5, 0.6) is 0 Å². The monoisotopic (exact) mass is 293 g/mol. The molecule has 2 amide bonds. The number of carboxylic acid groups (broad SMARTS) is 1. The summed E-state index contributed by atoms with van der Waals surface area (Å²) in [6, 6.07) is 5.80. The molecule has 1 atom stereocenters. The molecule has 6 nitrogen and oxygen atoms in total. The van der Waals surface area contributed by atoms with Gasteiger partial charge < -0.3 is 20.6 Å². The lowest BCUT2D eigenvalue weighted by Gasteiger charge is -2.27. The molecule has 1 rings (SSSR count). The summed E-state index contributed by atoms with van der Waals surface area (Å²) in [5.41, 5.74) is 0.976. The number of nitrogens with zero attached hydrogens (tertiary/aromatic N) is 1. The molecular weight excluding hydrogens is 270 g/mol. The second-order valence-electron chi connectivity index (χ2n) is 6.18. The average Bonchev–Trinajstić information content (AvgIpc) is 2.34. The Kier molecular flexibility index (Phi) is 5.18. The molecular formula is C15H23N3O3.